The van der Waals surface area contributed by atoms with Crippen LogP contribution in [-0.2, 0) is 16.1 Å². The molecule has 24 heavy (non-hydrogen) atoms. The summed E-state index contributed by atoms with van der Waals surface area (Å²) in [5.74, 6) is 0. The van der Waals surface area contributed by atoms with Gasteiger partial charge in [-0.15, -0.1) is 0 Å². The van der Waals surface area contributed by atoms with E-state index in [2.05, 4.69) is 33.4 Å². The molecule has 0 saturated heterocycles. The van der Waals surface area contributed by atoms with Crippen LogP contribution in [-0.4, -0.2) is 26.4 Å². The summed E-state index contributed by atoms with van der Waals surface area (Å²) >= 11 is 3.48. The van der Waals surface area contributed by atoms with Gasteiger partial charge in [-0.25, -0.2) is 0 Å². The molecule has 2 rings (SSSR count). The predicted octanol–water partition coefficient (Wildman–Crippen LogP) is 4.38. The largest absolute Gasteiger partial charge is 0.397 e. The summed E-state index contributed by atoms with van der Waals surface area (Å²) in [7, 11) is 0. The molecule has 0 heterocycles. The van der Waals surface area contributed by atoms with Crippen molar-refractivity contribution >= 4 is 27.3 Å². The van der Waals surface area contributed by atoms with E-state index in [0.717, 1.165) is 34.4 Å². The zero-order valence-electron chi connectivity index (χ0n) is 14.1. The van der Waals surface area contributed by atoms with Gasteiger partial charge in [-0.2, -0.15) is 0 Å². The van der Waals surface area contributed by atoms with Crippen molar-refractivity contribution < 1.29 is 9.47 Å². The third-order valence-electron chi connectivity index (χ3n) is 3.71. The number of benzene rings is 2. The van der Waals surface area contributed by atoms with Gasteiger partial charge in [0.15, 0.2) is 0 Å². The predicted molar refractivity (Wildman–Crippen MR) is 103 cm³/mol. The van der Waals surface area contributed by atoms with Crippen molar-refractivity contribution in [2.75, 3.05) is 37.4 Å². The van der Waals surface area contributed by atoms with Crippen LogP contribution in [0.2, 0.25) is 0 Å². The Balaban J connectivity index is 1.51. The standard InChI is InChI=1S/C19H25BrN2O2/c1-15-17(20)8-9-18(19(15)21)22-10-5-11-23-12-13-24-14-16-6-3-2-4-7-16/h2-4,6-9,22H,5,10-14,21H2,1H3. The Hall–Kier alpha value is -1.56. The second-order valence-electron chi connectivity index (χ2n) is 5.56. The minimum Gasteiger partial charge on any atom is -0.397 e. The minimum atomic E-state index is 0.612. The van der Waals surface area contributed by atoms with Gasteiger partial charge in [-0.1, -0.05) is 46.3 Å². The second kappa shape index (κ2) is 10.3. The highest BCUT2D eigenvalue weighted by Gasteiger charge is 2.04. The molecule has 0 aliphatic rings. The lowest BCUT2D eigenvalue weighted by Gasteiger charge is -2.12. The van der Waals surface area contributed by atoms with Gasteiger partial charge in [0.05, 0.1) is 31.2 Å². The Morgan fingerprint density at radius 3 is 2.54 bits per heavy atom. The molecule has 0 aromatic heterocycles. The molecule has 0 aliphatic heterocycles. The Labute approximate surface area is 152 Å². The quantitative estimate of drug-likeness (QED) is 0.465. The average Bonchev–Trinajstić information content (AvgIpc) is 2.61. The number of halogens is 1. The lowest BCUT2D eigenvalue weighted by molar-refractivity contribution is 0.0405. The van der Waals surface area contributed by atoms with Crippen LogP contribution in [0.3, 0.4) is 0 Å². The summed E-state index contributed by atoms with van der Waals surface area (Å²) in [4.78, 5) is 0. The van der Waals surface area contributed by atoms with Crippen LogP contribution >= 0.6 is 15.9 Å². The molecule has 0 amide bonds. The number of nitrogens with one attached hydrogen (secondary N) is 1. The molecule has 130 valence electrons. The molecule has 4 nitrogen and oxygen atoms in total. The Morgan fingerprint density at radius 2 is 1.75 bits per heavy atom. The summed E-state index contributed by atoms with van der Waals surface area (Å²) in [6.45, 7) is 5.40. The lowest BCUT2D eigenvalue weighted by atomic mass is 10.1. The maximum Gasteiger partial charge on any atom is 0.0718 e. The summed E-state index contributed by atoms with van der Waals surface area (Å²) in [6, 6.07) is 14.1. The van der Waals surface area contributed by atoms with Crippen LogP contribution < -0.4 is 11.1 Å². The number of nitrogen functional groups attached to an aromatic ring is 1. The van der Waals surface area contributed by atoms with Crippen molar-refractivity contribution in [3.8, 4) is 0 Å². The summed E-state index contributed by atoms with van der Waals surface area (Å²) < 4.78 is 12.2. The number of anilines is 2. The maximum absolute atomic E-state index is 6.09. The van der Waals surface area contributed by atoms with Gasteiger partial charge >= 0.3 is 0 Å². The van der Waals surface area contributed by atoms with Crippen molar-refractivity contribution in [2.45, 2.75) is 20.0 Å². The molecular weight excluding hydrogens is 368 g/mol. The number of hydrogen-bond donors (Lipinski definition) is 2. The second-order valence-corrected chi connectivity index (χ2v) is 6.42. The van der Waals surface area contributed by atoms with Crippen LogP contribution in [0.5, 0.6) is 0 Å². The van der Waals surface area contributed by atoms with Gasteiger partial charge < -0.3 is 20.5 Å². The van der Waals surface area contributed by atoms with Crippen LogP contribution in [0.25, 0.3) is 0 Å². The minimum absolute atomic E-state index is 0.612. The van der Waals surface area contributed by atoms with E-state index in [-0.39, 0.29) is 0 Å². The normalized spacial score (nSPS) is 10.8. The van der Waals surface area contributed by atoms with E-state index in [1.54, 1.807) is 0 Å². The van der Waals surface area contributed by atoms with E-state index in [4.69, 9.17) is 15.2 Å². The van der Waals surface area contributed by atoms with Crippen molar-refractivity contribution in [3.63, 3.8) is 0 Å². The monoisotopic (exact) mass is 392 g/mol. The average molecular weight is 393 g/mol. The van der Waals surface area contributed by atoms with Crippen molar-refractivity contribution in [1.82, 2.24) is 0 Å². The SMILES string of the molecule is Cc1c(Br)ccc(NCCCOCCOCc2ccccc2)c1N. The number of rotatable bonds is 10. The van der Waals surface area contributed by atoms with Crippen molar-refractivity contribution in [1.29, 1.82) is 0 Å². The third-order valence-corrected chi connectivity index (χ3v) is 4.57. The highest BCUT2D eigenvalue weighted by molar-refractivity contribution is 9.10. The molecule has 0 spiro atoms. The zero-order valence-corrected chi connectivity index (χ0v) is 15.6. The topological polar surface area (TPSA) is 56.5 Å². The summed E-state index contributed by atoms with van der Waals surface area (Å²) in [5, 5.41) is 3.35. The van der Waals surface area contributed by atoms with Crippen molar-refractivity contribution in [2.24, 2.45) is 0 Å². The maximum atomic E-state index is 6.09. The molecule has 0 aliphatic carbocycles. The van der Waals surface area contributed by atoms with Crippen LogP contribution in [0, 0.1) is 6.92 Å². The first kappa shape index (κ1) is 18.8. The molecule has 0 unspecified atom stereocenters. The number of nitrogens with two attached hydrogens (primary N) is 1. The first-order valence-electron chi connectivity index (χ1n) is 8.16. The van der Waals surface area contributed by atoms with E-state index >= 15 is 0 Å². The zero-order chi connectivity index (χ0) is 17.2. The van der Waals surface area contributed by atoms with Gasteiger partial charge in [0, 0.05) is 17.6 Å². The molecule has 0 atom stereocenters. The molecule has 3 N–H and O–H groups in total. The molecule has 0 bridgehead atoms. The van der Waals surface area contributed by atoms with E-state index in [9.17, 15) is 0 Å². The fourth-order valence-corrected chi connectivity index (χ4v) is 2.58. The van der Waals surface area contributed by atoms with Gasteiger partial charge in [0.25, 0.3) is 0 Å². The third kappa shape index (κ3) is 6.15. The molecule has 2 aromatic rings. The first-order chi connectivity index (χ1) is 11.7. The fraction of sp³-hybridized carbons (Fsp3) is 0.368. The van der Waals surface area contributed by atoms with Gasteiger partial charge in [-0.05, 0) is 36.6 Å². The van der Waals surface area contributed by atoms with Gasteiger partial charge in [-0.3, -0.25) is 0 Å². The highest BCUT2D eigenvalue weighted by Crippen LogP contribution is 2.28. The molecule has 0 fully saturated rings. The molecule has 0 saturated carbocycles. The molecular formula is C19H25BrN2O2. The summed E-state index contributed by atoms with van der Waals surface area (Å²) in [6.07, 6.45) is 0.924. The van der Waals surface area contributed by atoms with Gasteiger partial charge in [0.2, 0.25) is 0 Å². The summed E-state index contributed by atoms with van der Waals surface area (Å²) in [5.41, 5.74) is 10.1. The number of ether oxygens (including phenoxy) is 2. The fourth-order valence-electron chi connectivity index (χ4n) is 2.24. The Morgan fingerprint density at radius 1 is 1.00 bits per heavy atom. The van der Waals surface area contributed by atoms with Crippen molar-refractivity contribution in [3.05, 3.63) is 58.1 Å². The first-order valence-corrected chi connectivity index (χ1v) is 8.95. The Kier molecular flexibility index (Phi) is 8.08. The molecule has 0 radical (unpaired) electrons. The van der Waals surface area contributed by atoms with Crippen LogP contribution in [0.4, 0.5) is 11.4 Å². The van der Waals surface area contributed by atoms with E-state index in [1.807, 2.05) is 37.3 Å². The molecule has 5 heteroatoms. The highest BCUT2D eigenvalue weighted by atomic mass is 79.9. The number of hydrogen-bond acceptors (Lipinski definition) is 4. The lowest BCUT2D eigenvalue weighted by Crippen LogP contribution is -2.10. The van der Waals surface area contributed by atoms with Gasteiger partial charge in [0.1, 0.15) is 0 Å². The van der Waals surface area contributed by atoms with Crippen LogP contribution in [0.1, 0.15) is 17.5 Å². The van der Waals surface area contributed by atoms with E-state index in [1.165, 1.54) is 5.56 Å². The smallest absolute Gasteiger partial charge is 0.0718 e. The Bertz CT molecular complexity index is 620. The van der Waals surface area contributed by atoms with E-state index < -0.39 is 0 Å². The van der Waals surface area contributed by atoms with Crippen LogP contribution in [0.15, 0.2) is 46.9 Å². The molecule has 2 aromatic carbocycles. The van der Waals surface area contributed by atoms with E-state index in [0.29, 0.717) is 26.4 Å².